The average Bonchev–Trinajstić information content (AvgIpc) is 3.30. The summed E-state index contributed by atoms with van der Waals surface area (Å²) < 4.78 is 32.6. The Labute approximate surface area is 243 Å². The van der Waals surface area contributed by atoms with Gasteiger partial charge in [0.15, 0.2) is 14.6 Å². The second-order valence-electron chi connectivity index (χ2n) is 9.16. The smallest absolute Gasteiger partial charge is 0.341 e. The van der Waals surface area contributed by atoms with Gasteiger partial charge in [0.25, 0.3) is 11.6 Å². The number of nitro groups is 1. The predicted molar refractivity (Wildman–Crippen MR) is 155 cm³/mol. The molecule has 1 aliphatic rings. The monoisotopic (exact) mass is 618 g/mol. The summed E-state index contributed by atoms with van der Waals surface area (Å²) in [5.74, 6) is -2.13. The number of hydrogen-bond acceptors (Lipinski definition) is 10. The highest BCUT2D eigenvalue weighted by atomic mass is 32.2. The molecule has 15 heteroatoms. The molecule has 2 amide bonds. The van der Waals surface area contributed by atoms with Gasteiger partial charge in [-0.15, -0.1) is 17.8 Å². The van der Waals surface area contributed by atoms with E-state index in [1.165, 1.54) is 34.1 Å². The highest BCUT2D eigenvalue weighted by Crippen LogP contribution is 2.38. The van der Waals surface area contributed by atoms with E-state index < -0.39 is 44.0 Å². The zero-order valence-corrected chi connectivity index (χ0v) is 24.5. The molecule has 0 fully saturated rings. The van der Waals surface area contributed by atoms with Crippen LogP contribution in [0.5, 0.6) is 0 Å². The minimum Gasteiger partial charge on any atom is -0.462 e. The lowest BCUT2D eigenvalue weighted by atomic mass is 10.1. The van der Waals surface area contributed by atoms with Crippen LogP contribution in [-0.4, -0.2) is 53.8 Å². The highest BCUT2D eigenvalue weighted by Gasteiger charge is 2.28. The zero-order chi connectivity index (χ0) is 29.7. The third-order valence-electron chi connectivity index (χ3n) is 6.20. The fraction of sp³-hybridized carbons (Fsp3) is 0.385. The van der Waals surface area contributed by atoms with Crippen LogP contribution in [-0.2, 0) is 43.5 Å². The number of sulfone groups is 1. The summed E-state index contributed by atoms with van der Waals surface area (Å²) in [4.78, 5) is 53.6. The van der Waals surface area contributed by atoms with Gasteiger partial charge in [-0.2, -0.15) is 4.99 Å². The van der Waals surface area contributed by atoms with Crippen LogP contribution in [0.3, 0.4) is 0 Å². The van der Waals surface area contributed by atoms with E-state index in [1.807, 2.05) is 0 Å². The molecular formula is C26H26N4O8S3. The number of benzene rings is 1. The van der Waals surface area contributed by atoms with Crippen LogP contribution in [0.2, 0.25) is 0 Å². The summed E-state index contributed by atoms with van der Waals surface area (Å²) in [5, 5.41) is 13.9. The van der Waals surface area contributed by atoms with E-state index in [9.17, 15) is 32.9 Å². The number of thiazole rings is 1. The van der Waals surface area contributed by atoms with Crippen LogP contribution in [0, 0.1) is 22.5 Å². The van der Waals surface area contributed by atoms with Crippen molar-refractivity contribution in [3.63, 3.8) is 0 Å². The molecule has 4 rings (SSSR count). The minimum atomic E-state index is -4.25. The van der Waals surface area contributed by atoms with Gasteiger partial charge in [0.05, 0.1) is 33.9 Å². The second kappa shape index (κ2) is 12.8. The van der Waals surface area contributed by atoms with E-state index in [1.54, 1.807) is 6.92 Å². The number of non-ortho nitro benzene ring substituents is 1. The first kappa shape index (κ1) is 30.1. The first-order valence-electron chi connectivity index (χ1n) is 12.6. The van der Waals surface area contributed by atoms with Gasteiger partial charge in [0, 0.05) is 17.0 Å². The third kappa shape index (κ3) is 7.07. The maximum absolute atomic E-state index is 12.8. The molecular weight excluding hydrogens is 593 g/mol. The Morgan fingerprint density at radius 2 is 1.95 bits per heavy atom. The maximum Gasteiger partial charge on any atom is 0.341 e. The van der Waals surface area contributed by atoms with Gasteiger partial charge in [-0.3, -0.25) is 19.7 Å². The number of aryl methyl sites for hydroxylation is 1. The van der Waals surface area contributed by atoms with Gasteiger partial charge in [0.2, 0.25) is 5.91 Å². The van der Waals surface area contributed by atoms with Crippen LogP contribution in [0.25, 0.3) is 10.2 Å². The lowest BCUT2D eigenvalue weighted by Gasteiger charge is -2.08. The normalized spacial score (nSPS) is 13.7. The standard InChI is InChI=1S/C26H26N4O8S3/c1-3-12-29-18-11-10-16(30(34)35)13-20(18)40-26(29)28-22(32)15-41(36,37)14-21(31)27-24-23(25(33)38-4-2)17-8-6-5-7-9-19(17)39-24/h1,10-11,13H,4-9,12,14-15H2,2H3,(H,27,31). The molecule has 0 radical (unpaired) electrons. The summed E-state index contributed by atoms with van der Waals surface area (Å²) in [6.45, 7) is 1.81. The van der Waals surface area contributed by atoms with E-state index in [4.69, 9.17) is 11.2 Å². The van der Waals surface area contributed by atoms with Crippen molar-refractivity contribution in [1.82, 2.24) is 4.57 Å². The number of carbonyl (C=O) groups excluding carboxylic acids is 3. The number of nitrogens with one attached hydrogen (secondary N) is 1. The number of nitrogens with zero attached hydrogens (tertiary/aromatic N) is 3. The Balaban J connectivity index is 1.53. The van der Waals surface area contributed by atoms with Gasteiger partial charge in [-0.1, -0.05) is 23.7 Å². The number of nitro benzene ring substituents is 1. The van der Waals surface area contributed by atoms with Crippen molar-refractivity contribution in [3.05, 3.63) is 49.1 Å². The molecule has 1 aliphatic carbocycles. The fourth-order valence-corrected chi connectivity index (χ4v) is 7.88. The summed E-state index contributed by atoms with van der Waals surface area (Å²) in [6, 6.07) is 4.07. The van der Waals surface area contributed by atoms with Crippen LogP contribution < -0.4 is 10.1 Å². The largest absolute Gasteiger partial charge is 0.462 e. The molecule has 3 aromatic rings. The topological polar surface area (TPSA) is 167 Å². The molecule has 1 N–H and O–H groups in total. The molecule has 0 unspecified atom stereocenters. The van der Waals surface area contributed by atoms with E-state index in [0.29, 0.717) is 16.6 Å². The fourth-order valence-electron chi connectivity index (χ4n) is 4.50. The molecule has 0 atom stereocenters. The van der Waals surface area contributed by atoms with Crippen LogP contribution in [0.4, 0.5) is 10.7 Å². The highest BCUT2D eigenvalue weighted by molar-refractivity contribution is 7.92. The number of rotatable bonds is 9. The lowest BCUT2D eigenvalue weighted by Crippen LogP contribution is -2.28. The first-order valence-corrected chi connectivity index (χ1v) is 16.1. The number of carbonyl (C=O) groups is 3. The molecule has 2 aromatic heterocycles. The molecule has 0 aliphatic heterocycles. The van der Waals surface area contributed by atoms with Crippen molar-refractivity contribution >= 4 is 71.2 Å². The second-order valence-corrected chi connectivity index (χ2v) is 13.3. The number of terminal acetylenes is 1. The third-order valence-corrected chi connectivity index (χ3v) is 9.83. The van der Waals surface area contributed by atoms with E-state index in [0.717, 1.165) is 47.5 Å². The number of hydrogen-bond donors (Lipinski definition) is 1. The van der Waals surface area contributed by atoms with Crippen molar-refractivity contribution in [3.8, 4) is 12.3 Å². The Morgan fingerprint density at radius 1 is 1.20 bits per heavy atom. The lowest BCUT2D eigenvalue weighted by molar-refractivity contribution is -0.384. The SMILES string of the molecule is C#CCn1c(=NC(=O)CS(=O)(=O)CC(=O)Nc2sc3c(c2C(=O)OCC)CCCCC3)sc2cc([N+](=O)[O-])ccc21. The van der Waals surface area contributed by atoms with Crippen LogP contribution >= 0.6 is 22.7 Å². The number of amides is 2. The summed E-state index contributed by atoms with van der Waals surface area (Å²) in [5.41, 5.74) is 1.42. The van der Waals surface area contributed by atoms with Crippen molar-refractivity contribution in [2.75, 3.05) is 23.4 Å². The summed E-state index contributed by atoms with van der Waals surface area (Å²) >= 11 is 2.18. The Morgan fingerprint density at radius 3 is 2.66 bits per heavy atom. The first-order chi connectivity index (χ1) is 19.5. The Bertz CT molecular complexity index is 1760. The number of ether oxygens (including phenoxy) is 1. The molecule has 0 bridgehead atoms. The number of esters is 1. The zero-order valence-electron chi connectivity index (χ0n) is 22.0. The van der Waals surface area contributed by atoms with Crippen molar-refractivity contribution < 1.29 is 32.5 Å². The predicted octanol–water partition coefficient (Wildman–Crippen LogP) is 3.23. The van der Waals surface area contributed by atoms with Crippen molar-refractivity contribution in [2.45, 2.75) is 45.6 Å². The van der Waals surface area contributed by atoms with Gasteiger partial charge in [-0.25, -0.2) is 13.2 Å². The maximum atomic E-state index is 12.8. The number of aromatic nitrogens is 1. The number of thiophene rings is 1. The minimum absolute atomic E-state index is 0.00727. The summed E-state index contributed by atoms with van der Waals surface area (Å²) in [7, 11) is -4.25. The van der Waals surface area contributed by atoms with Crippen molar-refractivity contribution in [1.29, 1.82) is 0 Å². The van der Waals surface area contributed by atoms with E-state index in [-0.39, 0.29) is 34.2 Å². The molecule has 0 saturated heterocycles. The summed E-state index contributed by atoms with van der Waals surface area (Å²) in [6.07, 6.45) is 9.69. The Hall–Kier alpha value is -3.87. The van der Waals surface area contributed by atoms with Crippen LogP contribution in [0.1, 0.15) is 47.0 Å². The molecule has 12 nitrogen and oxygen atoms in total. The molecule has 216 valence electrons. The van der Waals surface area contributed by atoms with Gasteiger partial charge in [0.1, 0.15) is 16.5 Å². The number of anilines is 1. The van der Waals surface area contributed by atoms with Gasteiger partial charge >= 0.3 is 5.97 Å². The van der Waals surface area contributed by atoms with Gasteiger partial charge in [-0.05, 0) is 44.2 Å². The van der Waals surface area contributed by atoms with E-state index in [2.05, 4.69) is 16.2 Å². The molecule has 1 aromatic carbocycles. The molecule has 0 spiro atoms. The molecule has 0 saturated carbocycles. The Kier molecular flexibility index (Phi) is 9.36. The van der Waals surface area contributed by atoms with E-state index >= 15 is 0 Å². The number of fused-ring (bicyclic) bond motifs is 2. The molecule has 41 heavy (non-hydrogen) atoms. The molecule has 2 heterocycles. The quantitative estimate of drug-likeness (QED) is 0.125. The van der Waals surface area contributed by atoms with Crippen LogP contribution in [0.15, 0.2) is 23.2 Å². The van der Waals surface area contributed by atoms with Crippen molar-refractivity contribution in [2.24, 2.45) is 4.99 Å². The van der Waals surface area contributed by atoms with Gasteiger partial charge < -0.3 is 14.6 Å². The average molecular weight is 619 g/mol.